The summed E-state index contributed by atoms with van der Waals surface area (Å²) in [6, 6.07) is -0.338. The van der Waals surface area contributed by atoms with E-state index < -0.39 is 77.5 Å². The van der Waals surface area contributed by atoms with Crippen molar-refractivity contribution in [2.45, 2.75) is 201 Å². The minimum Gasteiger partial charge on any atom is -0.461 e. The summed E-state index contributed by atoms with van der Waals surface area (Å²) in [4.78, 5) is 115. The Morgan fingerprint density at radius 3 is 2.15 bits per heavy atom. The van der Waals surface area contributed by atoms with E-state index in [1.165, 1.54) is 67.0 Å². The van der Waals surface area contributed by atoms with Gasteiger partial charge < -0.3 is 41.5 Å². The molecular weight excluding hydrogens is 953 g/mol. The van der Waals surface area contributed by atoms with Crippen LogP contribution in [0.4, 0.5) is 0 Å². The van der Waals surface area contributed by atoms with Gasteiger partial charge in [0.25, 0.3) is 5.91 Å². The van der Waals surface area contributed by atoms with Gasteiger partial charge in [0.1, 0.15) is 48.6 Å². The van der Waals surface area contributed by atoms with E-state index in [1.54, 1.807) is 18.2 Å². The number of nitrogens with one attached hydrogen (secondary N) is 4. The number of likely N-dealkylation sites (tertiary alicyclic amines) is 2. The Morgan fingerprint density at radius 2 is 1.47 bits per heavy atom. The molecule has 0 unspecified atom stereocenters. The van der Waals surface area contributed by atoms with Gasteiger partial charge in [-0.05, 0) is 155 Å². The second-order valence-corrected chi connectivity index (χ2v) is 24.6. The summed E-state index contributed by atoms with van der Waals surface area (Å²) < 4.78 is 6.05. The summed E-state index contributed by atoms with van der Waals surface area (Å²) in [5, 5.41) is 10.8. The fourth-order valence-electron chi connectivity index (χ4n) is 14.6. The van der Waals surface area contributed by atoms with Crippen LogP contribution in [0.15, 0.2) is 36.0 Å². The fraction of sp³-hybridized carbons (Fsp3) is 0.741. The van der Waals surface area contributed by atoms with Crippen LogP contribution in [0.2, 0.25) is 0 Å². The highest BCUT2D eigenvalue weighted by atomic mass is 16.5. The molecule has 0 bridgehead atoms. The van der Waals surface area contributed by atoms with Crippen LogP contribution < -0.4 is 27.0 Å². The SMILES string of the molecule is CC(C)CC[C@@H](C)[C@H]1CC[C@H]2[C@@H]3CC=C4C[C@H](OC(=O)CNC(=O)[C@@H]5CCCN5C(=O)[C@H](CC(C)C)NC(=O)[C@H](CCC(N)=O)NC(=O)[C@H](C)NC(=O)[C@@H]5CCCN5C(=O)c5ccccn5)CC[C@]4(C)[C@H]3CC[C@]12C. The van der Waals surface area contributed by atoms with Crippen molar-refractivity contribution in [3.05, 3.63) is 41.7 Å². The predicted octanol–water partition coefficient (Wildman–Crippen LogP) is 6.14. The second kappa shape index (κ2) is 24.8. The van der Waals surface area contributed by atoms with E-state index >= 15 is 0 Å². The zero-order valence-corrected chi connectivity index (χ0v) is 46.1. The molecule has 0 spiro atoms. The Morgan fingerprint density at radius 1 is 0.760 bits per heavy atom. The number of nitrogens with two attached hydrogens (primary N) is 1. The highest BCUT2D eigenvalue weighted by molar-refractivity contribution is 5.99. The van der Waals surface area contributed by atoms with Crippen LogP contribution in [0.1, 0.15) is 175 Å². The minimum absolute atomic E-state index is 0.0762. The van der Waals surface area contributed by atoms with Gasteiger partial charge in [-0.3, -0.25) is 43.3 Å². The number of carbonyl (C=O) groups is 8. The molecule has 13 atom stereocenters. The molecule has 17 heteroatoms. The molecular formula is C58H88N8O9. The molecule has 7 rings (SSSR count). The third-order valence-corrected chi connectivity index (χ3v) is 18.6. The maximum Gasteiger partial charge on any atom is 0.325 e. The molecule has 6 N–H and O–H groups in total. The van der Waals surface area contributed by atoms with Gasteiger partial charge in [0.2, 0.25) is 35.4 Å². The Balaban J connectivity index is 0.906. The first kappa shape index (κ1) is 57.4. The van der Waals surface area contributed by atoms with Crippen LogP contribution in [-0.2, 0) is 38.3 Å². The van der Waals surface area contributed by atoms with E-state index in [-0.39, 0.29) is 55.5 Å². The number of hydrogen-bond acceptors (Lipinski definition) is 10. The van der Waals surface area contributed by atoms with Gasteiger partial charge in [-0.25, -0.2) is 0 Å². The zero-order valence-electron chi connectivity index (χ0n) is 46.1. The topological polar surface area (TPSA) is 239 Å². The average Bonchev–Trinajstić information content (AvgIpc) is 4.15. The molecule has 6 aliphatic rings. The normalized spacial score (nSPS) is 29.7. The summed E-state index contributed by atoms with van der Waals surface area (Å²) in [5.41, 5.74) is 7.60. The number of rotatable bonds is 21. The fourth-order valence-corrected chi connectivity index (χ4v) is 14.6. The number of pyridine rings is 1. The molecule has 1 aromatic heterocycles. The highest BCUT2D eigenvalue weighted by Crippen LogP contribution is 2.67. The monoisotopic (exact) mass is 1040 g/mol. The molecule has 3 heterocycles. The number of allylic oxidation sites excluding steroid dienone is 1. The number of nitrogens with zero attached hydrogens (tertiary/aromatic N) is 3. The first-order valence-corrected chi connectivity index (χ1v) is 28.5. The van der Waals surface area contributed by atoms with E-state index in [2.05, 4.69) is 66.9 Å². The largest absolute Gasteiger partial charge is 0.461 e. The van der Waals surface area contributed by atoms with Gasteiger partial charge >= 0.3 is 5.97 Å². The van der Waals surface area contributed by atoms with E-state index in [9.17, 15) is 38.4 Å². The molecule has 75 heavy (non-hydrogen) atoms. The third-order valence-electron chi connectivity index (χ3n) is 18.6. The van der Waals surface area contributed by atoms with Gasteiger partial charge in [0.15, 0.2) is 0 Å². The number of primary amides is 1. The highest BCUT2D eigenvalue weighted by Gasteiger charge is 2.59. The second-order valence-electron chi connectivity index (χ2n) is 24.6. The number of aromatic nitrogens is 1. The number of esters is 1. The molecule has 1 aromatic rings. The summed E-state index contributed by atoms with van der Waals surface area (Å²) in [5.74, 6) is -0.260. The molecule has 414 valence electrons. The van der Waals surface area contributed by atoms with Crippen LogP contribution in [-0.4, -0.2) is 118 Å². The van der Waals surface area contributed by atoms with Crippen LogP contribution in [0, 0.1) is 52.3 Å². The number of hydrogen-bond donors (Lipinski definition) is 5. The smallest absolute Gasteiger partial charge is 0.325 e. The lowest BCUT2D eigenvalue weighted by Gasteiger charge is -2.58. The van der Waals surface area contributed by atoms with Crippen molar-refractivity contribution < 1.29 is 43.1 Å². The summed E-state index contributed by atoms with van der Waals surface area (Å²) >= 11 is 0. The predicted molar refractivity (Wildman–Crippen MR) is 284 cm³/mol. The summed E-state index contributed by atoms with van der Waals surface area (Å²) in [6.45, 7) is 17.8. The molecule has 17 nitrogen and oxygen atoms in total. The van der Waals surface area contributed by atoms with Gasteiger partial charge in [-0.2, -0.15) is 0 Å². The van der Waals surface area contributed by atoms with Gasteiger partial charge in [-0.1, -0.05) is 79.0 Å². The van der Waals surface area contributed by atoms with Crippen molar-refractivity contribution in [3.8, 4) is 0 Å². The van der Waals surface area contributed by atoms with Crippen LogP contribution in [0.3, 0.4) is 0 Å². The first-order chi connectivity index (χ1) is 35.6. The van der Waals surface area contributed by atoms with Crippen molar-refractivity contribution >= 4 is 47.3 Å². The molecule has 5 fully saturated rings. The minimum atomic E-state index is -1.31. The van der Waals surface area contributed by atoms with E-state index in [1.807, 2.05) is 13.8 Å². The Bertz CT molecular complexity index is 2290. The number of ether oxygens (including phenoxy) is 1. The van der Waals surface area contributed by atoms with E-state index in [0.29, 0.717) is 55.9 Å². The van der Waals surface area contributed by atoms with Gasteiger partial charge in [0.05, 0.1) is 0 Å². The van der Waals surface area contributed by atoms with Crippen LogP contribution in [0.25, 0.3) is 0 Å². The maximum atomic E-state index is 14.3. The average molecular weight is 1040 g/mol. The summed E-state index contributed by atoms with van der Waals surface area (Å²) in [6.07, 6.45) is 16.8. The molecule has 0 radical (unpaired) electrons. The third kappa shape index (κ3) is 13.3. The Hall–Kier alpha value is -5.35. The Labute approximate surface area is 445 Å². The van der Waals surface area contributed by atoms with E-state index in [4.69, 9.17) is 10.5 Å². The first-order valence-electron chi connectivity index (χ1n) is 28.5. The zero-order chi connectivity index (χ0) is 54.4. The molecule has 2 aliphatic heterocycles. The lowest BCUT2D eigenvalue weighted by molar-refractivity contribution is -0.152. The number of fused-ring (bicyclic) bond motifs is 5. The van der Waals surface area contributed by atoms with Crippen molar-refractivity contribution in [1.82, 2.24) is 36.1 Å². The van der Waals surface area contributed by atoms with Gasteiger partial charge in [0, 0.05) is 32.1 Å². The maximum absolute atomic E-state index is 14.3. The van der Waals surface area contributed by atoms with Crippen LogP contribution >= 0.6 is 0 Å². The summed E-state index contributed by atoms with van der Waals surface area (Å²) in [7, 11) is 0. The van der Waals surface area contributed by atoms with Crippen molar-refractivity contribution in [1.29, 1.82) is 0 Å². The van der Waals surface area contributed by atoms with E-state index in [0.717, 1.165) is 42.9 Å². The lowest BCUT2D eigenvalue weighted by Crippen LogP contribution is -2.59. The van der Waals surface area contributed by atoms with Crippen molar-refractivity contribution in [3.63, 3.8) is 0 Å². The number of carbonyl (C=O) groups excluding carboxylic acids is 8. The van der Waals surface area contributed by atoms with Crippen LogP contribution in [0.5, 0.6) is 0 Å². The molecule has 7 amide bonds. The lowest BCUT2D eigenvalue weighted by atomic mass is 9.47. The standard InChI is InChI=1S/C58H88N8O9/c1-34(2)16-17-36(5)41-20-21-42-40-19-18-38-32-39(24-26-57(38,7)43(40)25-27-58(41,42)8)75-50(68)33-61-53(71)47-14-11-29-65(47)56(74)46(31-35(3)4)64-52(70)44(22-23-49(59)67)63-51(69)37(6)62-54(72)48-15-12-30-66(48)55(73)45-13-9-10-28-60-45/h9-10,13,18,28,34-37,39-44,46-48H,11-12,14-17,19-27,29-33H2,1-8H3,(H2,59,67)(H,61,71)(H,62,72)(H,63,69)(H,64,70)/t36-,37+,39-,40+,41-,42+,43+,44+,46+,47+,48+,57+,58-/m1/s1. The molecule has 0 aromatic carbocycles. The van der Waals surface area contributed by atoms with Crippen molar-refractivity contribution in [2.75, 3.05) is 19.6 Å². The van der Waals surface area contributed by atoms with Gasteiger partial charge in [-0.15, -0.1) is 0 Å². The molecule has 2 saturated heterocycles. The molecule has 4 aliphatic carbocycles. The number of amides is 7. The quantitative estimate of drug-likeness (QED) is 0.0696. The van der Waals surface area contributed by atoms with Crippen molar-refractivity contribution in [2.24, 2.45) is 58.0 Å². The Kier molecular flexibility index (Phi) is 18.9. The molecule has 3 saturated carbocycles.